The van der Waals surface area contributed by atoms with E-state index in [4.69, 9.17) is 4.74 Å². The van der Waals surface area contributed by atoms with Crippen molar-refractivity contribution in [2.75, 3.05) is 13.2 Å². The lowest BCUT2D eigenvalue weighted by atomic mass is 9.71. The first-order valence-corrected chi connectivity index (χ1v) is 6.84. The van der Waals surface area contributed by atoms with Gasteiger partial charge in [0.2, 0.25) is 0 Å². The number of carbonyl (C=O) groups excluding carboxylic acids is 1. The van der Waals surface area contributed by atoms with Gasteiger partial charge in [-0.25, -0.2) is 4.79 Å². The maximum atomic E-state index is 11.6. The Kier molecular flexibility index (Phi) is 5.02. The van der Waals surface area contributed by atoms with E-state index in [1.165, 1.54) is 0 Å². The Labute approximate surface area is 110 Å². The Bertz CT molecular complexity index is 275. The molecule has 0 bridgehead atoms. The summed E-state index contributed by atoms with van der Waals surface area (Å²) in [7, 11) is 0. The quantitative estimate of drug-likeness (QED) is 0.817. The molecular weight excluding hydrogens is 230 g/mol. The van der Waals surface area contributed by atoms with Crippen LogP contribution in [-0.2, 0) is 4.74 Å². The van der Waals surface area contributed by atoms with Gasteiger partial charge in [0.25, 0.3) is 0 Å². The summed E-state index contributed by atoms with van der Waals surface area (Å²) in [6.45, 7) is 8.41. The van der Waals surface area contributed by atoms with Crippen molar-refractivity contribution in [2.24, 2.45) is 11.3 Å². The Morgan fingerprint density at radius 3 is 2.39 bits per heavy atom. The molecule has 106 valence electrons. The van der Waals surface area contributed by atoms with E-state index in [0.29, 0.717) is 6.54 Å². The number of alkyl carbamates (subject to hydrolysis) is 1. The maximum Gasteiger partial charge on any atom is 0.407 e. The van der Waals surface area contributed by atoms with Gasteiger partial charge >= 0.3 is 6.09 Å². The number of carbonyl (C=O) groups is 1. The summed E-state index contributed by atoms with van der Waals surface area (Å²) in [5.74, 6) is 0.728. The van der Waals surface area contributed by atoms with Crippen LogP contribution in [0.15, 0.2) is 0 Å². The van der Waals surface area contributed by atoms with Crippen LogP contribution in [0.5, 0.6) is 0 Å². The fourth-order valence-electron chi connectivity index (χ4n) is 2.34. The third-order valence-corrected chi connectivity index (χ3v) is 3.68. The molecule has 18 heavy (non-hydrogen) atoms. The minimum absolute atomic E-state index is 0.134. The summed E-state index contributed by atoms with van der Waals surface area (Å²) in [6, 6.07) is 0. The molecule has 0 aromatic heterocycles. The molecule has 1 aliphatic carbocycles. The van der Waals surface area contributed by atoms with E-state index in [-0.39, 0.29) is 12.0 Å². The lowest BCUT2D eigenvalue weighted by Gasteiger charge is -2.38. The second kappa shape index (κ2) is 5.91. The highest BCUT2D eigenvalue weighted by molar-refractivity contribution is 5.67. The maximum absolute atomic E-state index is 11.6. The number of ether oxygens (including phenoxy) is 1. The molecule has 2 N–H and O–H groups in total. The fourth-order valence-corrected chi connectivity index (χ4v) is 2.34. The molecule has 1 fully saturated rings. The molecule has 0 aromatic rings. The van der Waals surface area contributed by atoms with E-state index in [9.17, 15) is 9.90 Å². The number of nitrogens with one attached hydrogen (secondary N) is 1. The van der Waals surface area contributed by atoms with Crippen molar-refractivity contribution >= 4 is 6.09 Å². The average Bonchev–Trinajstić information content (AvgIpc) is 2.27. The number of hydrogen-bond donors (Lipinski definition) is 2. The van der Waals surface area contributed by atoms with E-state index < -0.39 is 11.7 Å². The van der Waals surface area contributed by atoms with Crippen molar-refractivity contribution in [1.82, 2.24) is 5.32 Å². The zero-order chi connectivity index (χ0) is 13.8. The van der Waals surface area contributed by atoms with Crippen LogP contribution in [0, 0.1) is 11.3 Å². The van der Waals surface area contributed by atoms with Gasteiger partial charge in [0.15, 0.2) is 0 Å². The van der Waals surface area contributed by atoms with Crippen LogP contribution in [0.2, 0.25) is 0 Å². The zero-order valence-electron chi connectivity index (χ0n) is 12.1. The molecule has 0 radical (unpaired) electrons. The Hall–Kier alpha value is -0.770. The molecule has 1 rings (SSSR count). The standard InChI is InChI=1S/C14H27NO3/c1-11-5-7-14(10-16,8-6-11)9-15-12(17)18-13(2,3)4/h11,16H,5-10H2,1-4H3,(H,15,17). The van der Waals surface area contributed by atoms with Crippen LogP contribution in [0.1, 0.15) is 53.4 Å². The molecule has 0 heterocycles. The van der Waals surface area contributed by atoms with Gasteiger partial charge in [-0.3, -0.25) is 0 Å². The van der Waals surface area contributed by atoms with Crippen LogP contribution in [0.4, 0.5) is 4.79 Å². The summed E-state index contributed by atoms with van der Waals surface area (Å²) >= 11 is 0. The third kappa shape index (κ3) is 4.84. The van der Waals surface area contributed by atoms with Crippen LogP contribution < -0.4 is 5.32 Å². The highest BCUT2D eigenvalue weighted by Crippen LogP contribution is 2.37. The van der Waals surface area contributed by atoms with Gasteiger partial charge in [0, 0.05) is 12.0 Å². The Morgan fingerprint density at radius 1 is 1.39 bits per heavy atom. The van der Waals surface area contributed by atoms with Crippen molar-refractivity contribution in [3.8, 4) is 0 Å². The summed E-state index contributed by atoms with van der Waals surface area (Å²) in [6.07, 6.45) is 3.79. The van der Waals surface area contributed by atoms with Gasteiger partial charge in [-0.1, -0.05) is 19.8 Å². The predicted octanol–water partition coefficient (Wildman–Crippen LogP) is 2.70. The summed E-state index contributed by atoms with van der Waals surface area (Å²) in [5.41, 5.74) is -0.624. The molecule has 0 spiro atoms. The Balaban J connectivity index is 2.42. The number of aliphatic hydroxyl groups excluding tert-OH is 1. The third-order valence-electron chi connectivity index (χ3n) is 3.68. The van der Waals surface area contributed by atoms with Gasteiger partial charge in [-0.2, -0.15) is 0 Å². The number of amides is 1. The van der Waals surface area contributed by atoms with Gasteiger partial charge < -0.3 is 15.2 Å². The lowest BCUT2D eigenvalue weighted by Crippen LogP contribution is -2.43. The first-order chi connectivity index (χ1) is 8.26. The molecular formula is C14H27NO3. The normalized spacial score (nSPS) is 28.8. The van der Waals surface area contributed by atoms with Crippen molar-refractivity contribution in [1.29, 1.82) is 0 Å². The van der Waals surface area contributed by atoms with Gasteiger partial charge in [0.05, 0.1) is 6.61 Å². The van der Waals surface area contributed by atoms with Gasteiger partial charge in [-0.05, 0) is 39.5 Å². The fraction of sp³-hybridized carbons (Fsp3) is 0.929. The second-order valence-electron chi connectivity index (χ2n) is 6.70. The number of aliphatic hydroxyl groups is 1. The smallest absolute Gasteiger partial charge is 0.407 e. The summed E-state index contributed by atoms with van der Waals surface area (Å²) < 4.78 is 5.21. The monoisotopic (exact) mass is 257 g/mol. The van der Waals surface area contributed by atoms with Crippen molar-refractivity contribution < 1.29 is 14.6 Å². The minimum Gasteiger partial charge on any atom is -0.444 e. The topological polar surface area (TPSA) is 58.6 Å². The molecule has 0 aliphatic heterocycles. The zero-order valence-corrected chi connectivity index (χ0v) is 12.1. The van der Waals surface area contributed by atoms with Gasteiger partial charge in [0.1, 0.15) is 5.60 Å². The average molecular weight is 257 g/mol. The van der Waals surface area contributed by atoms with Gasteiger partial charge in [-0.15, -0.1) is 0 Å². The van der Waals surface area contributed by atoms with Crippen LogP contribution in [-0.4, -0.2) is 30.0 Å². The van der Waals surface area contributed by atoms with Crippen LogP contribution in [0.25, 0.3) is 0 Å². The first-order valence-electron chi connectivity index (χ1n) is 6.84. The lowest BCUT2D eigenvalue weighted by molar-refractivity contribution is 0.0377. The molecule has 4 heteroatoms. The first kappa shape index (κ1) is 15.3. The second-order valence-corrected chi connectivity index (χ2v) is 6.70. The Morgan fingerprint density at radius 2 is 1.94 bits per heavy atom. The molecule has 4 nitrogen and oxygen atoms in total. The minimum atomic E-state index is -0.475. The molecule has 0 aromatic carbocycles. The van der Waals surface area contributed by atoms with E-state index in [0.717, 1.165) is 31.6 Å². The number of rotatable bonds is 3. The molecule has 1 saturated carbocycles. The SMILES string of the molecule is CC1CCC(CO)(CNC(=O)OC(C)(C)C)CC1. The molecule has 0 saturated heterocycles. The highest BCUT2D eigenvalue weighted by atomic mass is 16.6. The van der Waals surface area contributed by atoms with Crippen molar-refractivity contribution in [3.05, 3.63) is 0 Å². The summed E-state index contributed by atoms with van der Waals surface area (Å²) in [5, 5.41) is 12.4. The van der Waals surface area contributed by atoms with Crippen LogP contribution >= 0.6 is 0 Å². The summed E-state index contributed by atoms with van der Waals surface area (Å²) in [4.78, 5) is 11.6. The largest absolute Gasteiger partial charge is 0.444 e. The van der Waals surface area contributed by atoms with E-state index in [1.54, 1.807) is 0 Å². The van der Waals surface area contributed by atoms with Crippen LogP contribution in [0.3, 0.4) is 0 Å². The molecule has 1 amide bonds. The molecule has 0 unspecified atom stereocenters. The number of hydrogen-bond acceptors (Lipinski definition) is 3. The molecule has 0 atom stereocenters. The van der Waals surface area contributed by atoms with Crippen molar-refractivity contribution in [3.63, 3.8) is 0 Å². The van der Waals surface area contributed by atoms with E-state index in [2.05, 4.69) is 12.2 Å². The van der Waals surface area contributed by atoms with E-state index in [1.807, 2.05) is 20.8 Å². The molecule has 1 aliphatic rings. The van der Waals surface area contributed by atoms with Crippen molar-refractivity contribution in [2.45, 2.75) is 59.0 Å². The van der Waals surface area contributed by atoms with E-state index >= 15 is 0 Å². The highest BCUT2D eigenvalue weighted by Gasteiger charge is 2.34. The predicted molar refractivity (Wildman–Crippen MR) is 71.4 cm³/mol.